The summed E-state index contributed by atoms with van der Waals surface area (Å²) in [6.07, 6.45) is 2.92. The number of rotatable bonds is 5. The van der Waals surface area contributed by atoms with E-state index in [1.54, 1.807) is 0 Å². The molecule has 1 aliphatic rings. The number of likely N-dealkylation sites (N-methyl/N-ethyl adjacent to an activating group) is 1. The van der Waals surface area contributed by atoms with Gasteiger partial charge in [-0.25, -0.2) is 0 Å². The molecule has 104 valence electrons. The molecule has 1 aromatic rings. The maximum absolute atomic E-state index is 12.8. The molecule has 3 heteroatoms. The summed E-state index contributed by atoms with van der Waals surface area (Å²) in [5.41, 5.74) is 7.33. The molecule has 1 amide bonds. The lowest BCUT2D eigenvalue weighted by Crippen LogP contribution is -2.44. The highest BCUT2D eigenvalue weighted by atomic mass is 16.2. The Balaban J connectivity index is 2.24. The van der Waals surface area contributed by atoms with E-state index in [0.717, 1.165) is 37.1 Å². The van der Waals surface area contributed by atoms with E-state index in [1.165, 1.54) is 0 Å². The highest BCUT2D eigenvalue weighted by Gasteiger charge is 2.53. The minimum atomic E-state index is -0.271. The van der Waals surface area contributed by atoms with Gasteiger partial charge < -0.3 is 10.6 Å². The number of nitrogen functional groups attached to an aromatic ring is 1. The number of benzene rings is 1. The molecular weight excluding hydrogens is 236 g/mol. The lowest BCUT2D eigenvalue weighted by Gasteiger charge is -2.31. The molecule has 1 fully saturated rings. The molecule has 1 unspecified atom stereocenters. The Morgan fingerprint density at radius 3 is 2.32 bits per heavy atom. The van der Waals surface area contributed by atoms with Gasteiger partial charge in [0.2, 0.25) is 5.91 Å². The molecule has 0 heterocycles. The van der Waals surface area contributed by atoms with Crippen molar-refractivity contribution >= 4 is 11.6 Å². The maximum atomic E-state index is 12.8. The average molecular weight is 260 g/mol. The Labute approximate surface area is 115 Å². The van der Waals surface area contributed by atoms with Crippen LogP contribution in [0.25, 0.3) is 0 Å². The number of carbonyl (C=O) groups excluding carboxylic acids is 1. The van der Waals surface area contributed by atoms with Crippen molar-refractivity contribution in [2.24, 2.45) is 0 Å². The molecule has 0 aliphatic heterocycles. The van der Waals surface area contributed by atoms with E-state index in [-0.39, 0.29) is 11.3 Å². The van der Waals surface area contributed by atoms with Crippen LogP contribution in [0.1, 0.15) is 45.6 Å². The summed E-state index contributed by atoms with van der Waals surface area (Å²) in [5, 5.41) is 0. The van der Waals surface area contributed by atoms with Crippen molar-refractivity contribution in [1.82, 2.24) is 4.90 Å². The number of amides is 1. The standard InChI is InChI=1S/C16H24N2O/c1-4-12(3)18(5-2)15(19)16(10-11-16)13-6-8-14(17)9-7-13/h6-9,12H,4-5,10-11,17H2,1-3H3. The zero-order valence-corrected chi connectivity index (χ0v) is 12.1. The first-order valence-corrected chi connectivity index (χ1v) is 7.22. The topological polar surface area (TPSA) is 46.3 Å². The van der Waals surface area contributed by atoms with Crippen molar-refractivity contribution in [3.05, 3.63) is 29.8 Å². The van der Waals surface area contributed by atoms with Gasteiger partial charge in [-0.1, -0.05) is 19.1 Å². The largest absolute Gasteiger partial charge is 0.399 e. The monoisotopic (exact) mass is 260 g/mol. The van der Waals surface area contributed by atoms with Crippen LogP contribution in [0, 0.1) is 0 Å². The first-order chi connectivity index (χ1) is 9.05. The van der Waals surface area contributed by atoms with Crippen LogP contribution >= 0.6 is 0 Å². The fourth-order valence-corrected chi connectivity index (χ4v) is 2.70. The van der Waals surface area contributed by atoms with Gasteiger partial charge in [0.15, 0.2) is 0 Å². The van der Waals surface area contributed by atoms with E-state index >= 15 is 0 Å². The molecule has 0 radical (unpaired) electrons. The van der Waals surface area contributed by atoms with Crippen LogP contribution < -0.4 is 5.73 Å². The summed E-state index contributed by atoms with van der Waals surface area (Å²) >= 11 is 0. The first-order valence-electron chi connectivity index (χ1n) is 7.22. The van der Waals surface area contributed by atoms with Crippen LogP contribution in [0.4, 0.5) is 5.69 Å². The van der Waals surface area contributed by atoms with Gasteiger partial charge in [0, 0.05) is 18.3 Å². The van der Waals surface area contributed by atoms with Crippen molar-refractivity contribution in [2.75, 3.05) is 12.3 Å². The number of anilines is 1. The van der Waals surface area contributed by atoms with Gasteiger partial charge in [-0.05, 0) is 50.8 Å². The Hall–Kier alpha value is -1.51. The molecular formula is C16H24N2O. The number of nitrogens with two attached hydrogens (primary N) is 1. The zero-order chi connectivity index (χ0) is 14.0. The second kappa shape index (κ2) is 5.24. The first kappa shape index (κ1) is 13.9. The van der Waals surface area contributed by atoms with Crippen LogP contribution in [0.5, 0.6) is 0 Å². The quantitative estimate of drug-likeness (QED) is 0.827. The van der Waals surface area contributed by atoms with Gasteiger partial charge in [-0.3, -0.25) is 4.79 Å². The van der Waals surface area contributed by atoms with Crippen molar-refractivity contribution in [3.8, 4) is 0 Å². The minimum absolute atomic E-state index is 0.271. The molecule has 0 saturated heterocycles. The van der Waals surface area contributed by atoms with Crippen molar-refractivity contribution in [3.63, 3.8) is 0 Å². The van der Waals surface area contributed by atoms with Gasteiger partial charge in [-0.15, -0.1) is 0 Å². The minimum Gasteiger partial charge on any atom is -0.399 e. The van der Waals surface area contributed by atoms with Crippen LogP contribution in [-0.4, -0.2) is 23.4 Å². The predicted octanol–water partition coefficient (Wildman–Crippen LogP) is 2.95. The Morgan fingerprint density at radius 1 is 1.32 bits per heavy atom. The second-order valence-corrected chi connectivity index (χ2v) is 5.55. The van der Waals surface area contributed by atoms with E-state index in [2.05, 4.69) is 20.8 Å². The molecule has 1 aromatic carbocycles. The summed E-state index contributed by atoms with van der Waals surface area (Å²) in [4.78, 5) is 14.9. The van der Waals surface area contributed by atoms with Crippen molar-refractivity contribution in [1.29, 1.82) is 0 Å². The molecule has 0 bridgehead atoms. The van der Waals surface area contributed by atoms with Gasteiger partial charge in [0.25, 0.3) is 0 Å². The zero-order valence-electron chi connectivity index (χ0n) is 12.1. The molecule has 0 spiro atoms. The highest BCUT2D eigenvalue weighted by molar-refractivity contribution is 5.91. The van der Waals surface area contributed by atoms with Crippen LogP contribution in [0.3, 0.4) is 0 Å². The molecule has 1 aliphatic carbocycles. The van der Waals surface area contributed by atoms with Crippen molar-refractivity contribution < 1.29 is 4.79 Å². The smallest absolute Gasteiger partial charge is 0.233 e. The number of hydrogen-bond donors (Lipinski definition) is 1. The summed E-state index contributed by atoms with van der Waals surface area (Å²) < 4.78 is 0. The summed E-state index contributed by atoms with van der Waals surface area (Å²) in [7, 11) is 0. The van der Waals surface area contributed by atoms with Crippen molar-refractivity contribution in [2.45, 2.75) is 51.5 Å². The predicted molar refractivity (Wildman–Crippen MR) is 78.9 cm³/mol. The van der Waals surface area contributed by atoms with E-state index in [1.807, 2.05) is 29.2 Å². The summed E-state index contributed by atoms with van der Waals surface area (Å²) in [6.45, 7) is 7.09. The van der Waals surface area contributed by atoms with Gasteiger partial charge in [-0.2, -0.15) is 0 Å². The fraction of sp³-hybridized carbons (Fsp3) is 0.562. The van der Waals surface area contributed by atoms with Crippen LogP contribution in [0.15, 0.2) is 24.3 Å². The van der Waals surface area contributed by atoms with E-state index < -0.39 is 0 Å². The van der Waals surface area contributed by atoms with Crippen LogP contribution in [0.2, 0.25) is 0 Å². The molecule has 0 aromatic heterocycles. The average Bonchev–Trinajstić information content (AvgIpc) is 3.21. The third-order valence-electron chi connectivity index (χ3n) is 4.35. The molecule has 2 rings (SSSR count). The maximum Gasteiger partial charge on any atom is 0.233 e. The molecule has 2 N–H and O–H groups in total. The molecule has 3 nitrogen and oxygen atoms in total. The Bertz CT molecular complexity index is 448. The number of carbonyl (C=O) groups is 1. The number of nitrogens with zero attached hydrogens (tertiary/aromatic N) is 1. The van der Waals surface area contributed by atoms with E-state index in [4.69, 9.17) is 5.73 Å². The normalized spacial score (nSPS) is 17.8. The molecule has 1 atom stereocenters. The third-order valence-corrected chi connectivity index (χ3v) is 4.35. The third kappa shape index (κ3) is 2.46. The Morgan fingerprint density at radius 2 is 1.89 bits per heavy atom. The van der Waals surface area contributed by atoms with E-state index in [0.29, 0.717) is 6.04 Å². The highest BCUT2D eigenvalue weighted by Crippen LogP contribution is 2.50. The number of hydrogen-bond acceptors (Lipinski definition) is 2. The molecule has 1 saturated carbocycles. The van der Waals surface area contributed by atoms with Gasteiger partial charge in [0.1, 0.15) is 0 Å². The molecule has 19 heavy (non-hydrogen) atoms. The summed E-state index contributed by atoms with van der Waals surface area (Å²) in [6, 6.07) is 8.10. The Kier molecular flexibility index (Phi) is 3.83. The summed E-state index contributed by atoms with van der Waals surface area (Å²) in [5.74, 6) is 0.286. The van der Waals surface area contributed by atoms with Gasteiger partial charge >= 0.3 is 0 Å². The fourth-order valence-electron chi connectivity index (χ4n) is 2.70. The lowest BCUT2D eigenvalue weighted by atomic mass is 9.93. The second-order valence-electron chi connectivity index (χ2n) is 5.55. The van der Waals surface area contributed by atoms with E-state index in [9.17, 15) is 4.79 Å². The van der Waals surface area contributed by atoms with Gasteiger partial charge in [0.05, 0.1) is 5.41 Å². The SMILES string of the molecule is CCC(C)N(CC)C(=O)C1(c2ccc(N)cc2)CC1. The van der Waals surface area contributed by atoms with Crippen LogP contribution in [-0.2, 0) is 10.2 Å². The lowest BCUT2D eigenvalue weighted by molar-refractivity contribution is -0.135.